The van der Waals surface area contributed by atoms with Crippen molar-refractivity contribution < 1.29 is 19.5 Å². The number of amides is 1. The summed E-state index contributed by atoms with van der Waals surface area (Å²) < 4.78 is 0. The van der Waals surface area contributed by atoms with Crippen molar-refractivity contribution in [1.29, 1.82) is 0 Å². The molecule has 21 heavy (non-hydrogen) atoms. The molecular formula is C16H19NO4. The molecule has 1 aliphatic rings. The zero-order valence-corrected chi connectivity index (χ0v) is 12.3. The molecule has 5 nitrogen and oxygen atoms in total. The molecule has 1 amide bonds. The molecule has 1 saturated heterocycles. The first kappa shape index (κ1) is 15.2. The lowest BCUT2D eigenvalue weighted by molar-refractivity contribution is -0.150. The fraction of sp³-hybridized carbons (Fsp3) is 0.438. The van der Waals surface area contributed by atoms with E-state index in [1.807, 2.05) is 0 Å². The Bertz CT molecular complexity index is 578. The molecule has 1 atom stereocenters. The lowest BCUT2D eigenvalue weighted by atomic mass is 9.82. The molecule has 1 N–H and O–H groups in total. The van der Waals surface area contributed by atoms with E-state index in [1.165, 1.54) is 6.92 Å². The number of rotatable bonds is 3. The zero-order chi connectivity index (χ0) is 15.6. The first-order valence-electron chi connectivity index (χ1n) is 6.97. The first-order valence-corrected chi connectivity index (χ1v) is 6.97. The number of hydrogen-bond acceptors (Lipinski definition) is 3. The topological polar surface area (TPSA) is 74.7 Å². The summed E-state index contributed by atoms with van der Waals surface area (Å²) in [7, 11) is 0. The largest absolute Gasteiger partial charge is 0.481 e. The van der Waals surface area contributed by atoms with Gasteiger partial charge in [0.1, 0.15) is 0 Å². The molecule has 5 heteroatoms. The highest BCUT2D eigenvalue weighted by Crippen LogP contribution is 2.30. The molecule has 1 aromatic carbocycles. The average molecular weight is 289 g/mol. The summed E-state index contributed by atoms with van der Waals surface area (Å²) in [5, 5.41) is 9.29. The number of benzene rings is 1. The third kappa shape index (κ3) is 3.12. The Balaban J connectivity index is 2.16. The normalized spacial score (nSPS) is 21.9. The van der Waals surface area contributed by atoms with Gasteiger partial charge >= 0.3 is 5.97 Å². The van der Waals surface area contributed by atoms with Gasteiger partial charge in [-0.1, -0.05) is 12.1 Å². The van der Waals surface area contributed by atoms with Crippen molar-refractivity contribution in [2.24, 2.45) is 5.41 Å². The van der Waals surface area contributed by atoms with Gasteiger partial charge in [0.15, 0.2) is 5.78 Å². The molecule has 2 rings (SSSR count). The van der Waals surface area contributed by atoms with Crippen LogP contribution in [0.15, 0.2) is 24.3 Å². The maximum absolute atomic E-state index is 12.4. The second-order valence-electron chi connectivity index (χ2n) is 5.83. The van der Waals surface area contributed by atoms with Crippen LogP contribution in [0, 0.1) is 5.41 Å². The highest BCUT2D eigenvalue weighted by atomic mass is 16.4. The fourth-order valence-electron chi connectivity index (χ4n) is 2.62. The van der Waals surface area contributed by atoms with Crippen LogP contribution in [0.25, 0.3) is 0 Å². The molecule has 0 radical (unpaired) electrons. The van der Waals surface area contributed by atoms with E-state index in [-0.39, 0.29) is 18.2 Å². The van der Waals surface area contributed by atoms with E-state index < -0.39 is 11.4 Å². The number of Topliss-reactive ketones (excluding diaryl/α,β-unsaturated/α-hetero) is 1. The lowest BCUT2D eigenvalue weighted by Gasteiger charge is -2.37. The Hall–Kier alpha value is -2.17. The number of carboxylic acids is 1. The van der Waals surface area contributed by atoms with Crippen molar-refractivity contribution in [2.45, 2.75) is 26.7 Å². The number of carboxylic acid groups (broad SMARTS) is 1. The van der Waals surface area contributed by atoms with Crippen LogP contribution in [0.4, 0.5) is 0 Å². The van der Waals surface area contributed by atoms with Gasteiger partial charge in [-0.3, -0.25) is 14.4 Å². The molecule has 1 heterocycles. The maximum Gasteiger partial charge on any atom is 0.311 e. The molecule has 0 aliphatic carbocycles. The van der Waals surface area contributed by atoms with Crippen LogP contribution in [0.5, 0.6) is 0 Å². The fourth-order valence-corrected chi connectivity index (χ4v) is 2.62. The third-order valence-corrected chi connectivity index (χ3v) is 4.04. The molecule has 1 aliphatic heterocycles. The van der Waals surface area contributed by atoms with Gasteiger partial charge in [0.25, 0.3) is 5.91 Å². The van der Waals surface area contributed by atoms with E-state index in [0.717, 1.165) is 0 Å². The number of aliphatic carboxylic acids is 1. The van der Waals surface area contributed by atoms with Gasteiger partial charge in [-0.2, -0.15) is 0 Å². The van der Waals surface area contributed by atoms with Gasteiger partial charge in [-0.25, -0.2) is 0 Å². The predicted octanol–water partition coefficient (Wildman–Crippen LogP) is 2.22. The summed E-state index contributed by atoms with van der Waals surface area (Å²) in [4.78, 5) is 36.6. The van der Waals surface area contributed by atoms with Crippen LogP contribution in [0.2, 0.25) is 0 Å². The summed E-state index contributed by atoms with van der Waals surface area (Å²) in [5.74, 6) is -1.10. The number of piperidine rings is 1. The molecule has 1 unspecified atom stereocenters. The number of carbonyl (C=O) groups is 3. The molecule has 112 valence electrons. The lowest BCUT2D eigenvalue weighted by Crippen LogP contribution is -2.48. The van der Waals surface area contributed by atoms with E-state index in [1.54, 1.807) is 36.1 Å². The van der Waals surface area contributed by atoms with Gasteiger partial charge < -0.3 is 10.0 Å². The highest BCUT2D eigenvalue weighted by molar-refractivity contribution is 5.98. The van der Waals surface area contributed by atoms with E-state index >= 15 is 0 Å². The smallest absolute Gasteiger partial charge is 0.311 e. The number of likely N-dealkylation sites (tertiary alicyclic amines) is 1. The van der Waals surface area contributed by atoms with E-state index in [2.05, 4.69) is 0 Å². The molecular weight excluding hydrogens is 270 g/mol. The van der Waals surface area contributed by atoms with Crippen LogP contribution >= 0.6 is 0 Å². The highest BCUT2D eigenvalue weighted by Gasteiger charge is 2.39. The van der Waals surface area contributed by atoms with Crippen LogP contribution in [0.1, 0.15) is 47.4 Å². The maximum atomic E-state index is 12.4. The monoisotopic (exact) mass is 289 g/mol. The Morgan fingerprint density at radius 2 is 1.71 bits per heavy atom. The number of nitrogens with zero attached hydrogens (tertiary/aromatic N) is 1. The molecule has 0 aromatic heterocycles. The van der Waals surface area contributed by atoms with E-state index in [0.29, 0.717) is 30.5 Å². The van der Waals surface area contributed by atoms with Crippen molar-refractivity contribution in [3.8, 4) is 0 Å². The van der Waals surface area contributed by atoms with Crippen LogP contribution in [0.3, 0.4) is 0 Å². The summed E-state index contributed by atoms with van der Waals surface area (Å²) >= 11 is 0. The summed E-state index contributed by atoms with van der Waals surface area (Å²) in [6.07, 6.45) is 1.26. The predicted molar refractivity (Wildman–Crippen MR) is 77.3 cm³/mol. The minimum atomic E-state index is -0.882. The number of hydrogen-bond donors (Lipinski definition) is 1. The molecule has 1 aromatic rings. The minimum absolute atomic E-state index is 0.0505. The molecule has 0 saturated carbocycles. The van der Waals surface area contributed by atoms with Gasteiger partial charge in [0.05, 0.1) is 5.41 Å². The van der Waals surface area contributed by atoms with Crippen molar-refractivity contribution in [1.82, 2.24) is 4.90 Å². The van der Waals surface area contributed by atoms with Gasteiger partial charge in [-0.05, 0) is 38.8 Å². The van der Waals surface area contributed by atoms with Crippen LogP contribution in [-0.4, -0.2) is 40.8 Å². The van der Waals surface area contributed by atoms with Crippen molar-refractivity contribution in [3.63, 3.8) is 0 Å². The van der Waals surface area contributed by atoms with Crippen LogP contribution < -0.4 is 0 Å². The van der Waals surface area contributed by atoms with Gasteiger partial charge in [-0.15, -0.1) is 0 Å². The quantitative estimate of drug-likeness (QED) is 0.866. The Morgan fingerprint density at radius 1 is 1.14 bits per heavy atom. The summed E-state index contributed by atoms with van der Waals surface area (Å²) in [6.45, 7) is 3.93. The van der Waals surface area contributed by atoms with Crippen molar-refractivity contribution >= 4 is 17.7 Å². The van der Waals surface area contributed by atoms with Gasteiger partial charge in [0, 0.05) is 24.2 Å². The molecule has 1 fully saturated rings. The second-order valence-corrected chi connectivity index (χ2v) is 5.83. The molecule has 0 spiro atoms. The summed E-state index contributed by atoms with van der Waals surface area (Å²) in [6, 6.07) is 6.48. The minimum Gasteiger partial charge on any atom is -0.481 e. The summed E-state index contributed by atoms with van der Waals surface area (Å²) in [5.41, 5.74) is 0.156. The van der Waals surface area contributed by atoms with E-state index in [9.17, 15) is 19.5 Å². The SMILES string of the molecule is CC(=O)c1ccc(C(=O)N2CCCC(C)(C(=O)O)C2)cc1. The zero-order valence-electron chi connectivity index (χ0n) is 12.3. The standard InChI is InChI=1S/C16H19NO4/c1-11(18)12-4-6-13(7-5-12)14(19)17-9-3-8-16(2,10-17)15(20)21/h4-7H,3,8-10H2,1-2H3,(H,20,21). The van der Waals surface area contributed by atoms with Gasteiger partial charge in [0.2, 0.25) is 0 Å². The second kappa shape index (κ2) is 5.68. The van der Waals surface area contributed by atoms with E-state index in [4.69, 9.17) is 0 Å². The Labute approximate surface area is 123 Å². The average Bonchev–Trinajstić information content (AvgIpc) is 2.46. The molecule has 0 bridgehead atoms. The van der Waals surface area contributed by atoms with Crippen molar-refractivity contribution in [2.75, 3.05) is 13.1 Å². The first-order chi connectivity index (χ1) is 9.83. The number of carbonyl (C=O) groups excluding carboxylic acids is 2. The Morgan fingerprint density at radius 3 is 2.24 bits per heavy atom. The van der Waals surface area contributed by atoms with Crippen LogP contribution in [-0.2, 0) is 4.79 Å². The number of ketones is 1. The van der Waals surface area contributed by atoms with Crippen molar-refractivity contribution in [3.05, 3.63) is 35.4 Å². The Kier molecular flexibility index (Phi) is 4.11. The third-order valence-electron chi connectivity index (χ3n) is 4.04.